The molecule has 8 heteroatoms. The molecule has 1 fully saturated rings. The summed E-state index contributed by atoms with van der Waals surface area (Å²) in [5, 5.41) is 0. The minimum atomic E-state index is -0.983. The number of esters is 1. The normalized spacial score (nSPS) is 15.6. The van der Waals surface area contributed by atoms with E-state index in [1.54, 1.807) is 24.3 Å². The number of carbonyl (C=O) groups excluding carboxylic acids is 4. The molecule has 8 nitrogen and oxygen atoms in total. The lowest BCUT2D eigenvalue weighted by Gasteiger charge is -2.27. The Morgan fingerprint density at radius 2 is 1.79 bits per heavy atom. The van der Waals surface area contributed by atoms with Crippen molar-refractivity contribution < 1.29 is 28.3 Å². The number of carbonyl (C=O) groups is 4. The van der Waals surface area contributed by atoms with Gasteiger partial charge < -0.3 is 14.1 Å². The summed E-state index contributed by atoms with van der Waals surface area (Å²) < 4.78 is 10.4. The molecule has 4 rings (SSSR count). The molecule has 1 saturated heterocycles. The fraction of sp³-hybridized carbons (Fsp3) is 0.200. The highest BCUT2D eigenvalue weighted by Gasteiger charge is 2.45. The number of nitrogens with zero attached hydrogens (tertiary/aromatic N) is 2. The predicted octanol–water partition coefficient (Wildman–Crippen LogP) is 3.49. The maximum Gasteiger partial charge on any atom is 0.308 e. The summed E-state index contributed by atoms with van der Waals surface area (Å²) >= 11 is 0. The molecule has 0 N–H and O–H groups in total. The Hall–Kier alpha value is -4.20. The molecule has 0 spiro atoms. The van der Waals surface area contributed by atoms with E-state index in [0.29, 0.717) is 22.8 Å². The zero-order valence-corrected chi connectivity index (χ0v) is 18.2. The summed E-state index contributed by atoms with van der Waals surface area (Å²) in [6.07, 6.45) is 1.34. The average molecular weight is 446 g/mol. The monoisotopic (exact) mass is 446 g/mol. The number of benzene rings is 2. The molecule has 0 bridgehead atoms. The summed E-state index contributed by atoms with van der Waals surface area (Å²) in [7, 11) is 0. The van der Waals surface area contributed by atoms with Crippen LogP contribution in [0.2, 0.25) is 0 Å². The third-order valence-electron chi connectivity index (χ3n) is 5.40. The van der Waals surface area contributed by atoms with Crippen molar-refractivity contribution in [2.45, 2.75) is 32.9 Å². The van der Waals surface area contributed by atoms with Gasteiger partial charge in [-0.3, -0.25) is 19.2 Å². The second-order valence-corrected chi connectivity index (χ2v) is 7.70. The van der Waals surface area contributed by atoms with Crippen LogP contribution >= 0.6 is 0 Å². The van der Waals surface area contributed by atoms with Crippen LogP contribution in [0.15, 0.2) is 71.3 Å². The quantitative estimate of drug-likeness (QED) is 0.327. The molecule has 3 aromatic rings. The first-order chi connectivity index (χ1) is 15.8. The van der Waals surface area contributed by atoms with Crippen molar-refractivity contribution in [1.82, 2.24) is 4.90 Å². The lowest BCUT2D eigenvalue weighted by Crippen LogP contribution is -2.45. The van der Waals surface area contributed by atoms with E-state index in [1.165, 1.54) is 42.4 Å². The molecule has 1 aromatic heterocycles. The van der Waals surface area contributed by atoms with E-state index >= 15 is 0 Å². The Morgan fingerprint density at radius 3 is 2.42 bits per heavy atom. The van der Waals surface area contributed by atoms with Crippen LogP contribution in [0.1, 0.15) is 35.0 Å². The Bertz CT molecular complexity index is 1200. The number of imide groups is 1. The number of furan rings is 1. The van der Waals surface area contributed by atoms with E-state index in [4.69, 9.17) is 9.15 Å². The summed E-state index contributed by atoms with van der Waals surface area (Å²) in [6, 6.07) is 15.6. The number of aryl methyl sites for hydroxylation is 1. The molecule has 3 amide bonds. The highest BCUT2D eigenvalue weighted by molar-refractivity contribution is 6.23. The third-order valence-corrected chi connectivity index (χ3v) is 5.40. The Labute approximate surface area is 190 Å². The molecule has 1 unspecified atom stereocenters. The fourth-order valence-corrected chi connectivity index (χ4v) is 3.82. The largest absolute Gasteiger partial charge is 0.467 e. The summed E-state index contributed by atoms with van der Waals surface area (Å²) in [6.45, 7) is 3.14. The first-order valence-electron chi connectivity index (χ1n) is 10.4. The van der Waals surface area contributed by atoms with Crippen molar-refractivity contribution in [3.8, 4) is 5.75 Å². The Kier molecular flexibility index (Phi) is 6.08. The minimum absolute atomic E-state index is 0.0447. The maximum absolute atomic E-state index is 13.5. The van der Waals surface area contributed by atoms with Crippen LogP contribution in [0.25, 0.3) is 0 Å². The van der Waals surface area contributed by atoms with Gasteiger partial charge in [0.15, 0.2) is 0 Å². The average Bonchev–Trinajstić information content (AvgIpc) is 3.40. The zero-order chi connectivity index (χ0) is 23.5. The van der Waals surface area contributed by atoms with Crippen LogP contribution < -0.4 is 9.64 Å². The highest BCUT2D eigenvalue weighted by Crippen LogP contribution is 2.29. The number of hydrogen-bond donors (Lipinski definition) is 0. The summed E-state index contributed by atoms with van der Waals surface area (Å²) in [4.78, 5) is 53.3. The third kappa shape index (κ3) is 4.55. The molecule has 168 valence electrons. The van der Waals surface area contributed by atoms with Gasteiger partial charge in [0.1, 0.15) is 17.6 Å². The molecule has 1 aliphatic heterocycles. The molecule has 1 atom stereocenters. The van der Waals surface area contributed by atoms with Gasteiger partial charge in [0, 0.05) is 12.5 Å². The first-order valence-corrected chi connectivity index (χ1v) is 10.4. The van der Waals surface area contributed by atoms with Crippen LogP contribution in [0, 0.1) is 6.92 Å². The Balaban J connectivity index is 1.64. The van der Waals surface area contributed by atoms with E-state index in [1.807, 2.05) is 19.1 Å². The lowest BCUT2D eigenvalue weighted by molar-refractivity contribution is -0.132. The number of amides is 3. The van der Waals surface area contributed by atoms with Gasteiger partial charge in [-0.05, 0) is 55.0 Å². The van der Waals surface area contributed by atoms with E-state index in [-0.39, 0.29) is 18.9 Å². The van der Waals surface area contributed by atoms with Gasteiger partial charge in [0.2, 0.25) is 5.91 Å². The van der Waals surface area contributed by atoms with Crippen molar-refractivity contribution in [3.05, 3.63) is 83.8 Å². The van der Waals surface area contributed by atoms with Crippen molar-refractivity contribution in [3.63, 3.8) is 0 Å². The van der Waals surface area contributed by atoms with Crippen LogP contribution in [0.5, 0.6) is 5.75 Å². The van der Waals surface area contributed by atoms with E-state index in [9.17, 15) is 19.2 Å². The summed E-state index contributed by atoms with van der Waals surface area (Å²) in [5.74, 6) is -0.958. The van der Waals surface area contributed by atoms with Crippen LogP contribution in [0.3, 0.4) is 0 Å². The van der Waals surface area contributed by atoms with Gasteiger partial charge in [-0.15, -0.1) is 0 Å². The fourth-order valence-electron chi connectivity index (χ4n) is 3.82. The minimum Gasteiger partial charge on any atom is -0.467 e. The molecule has 2 aromatic carbocycles. The van der Waals surface area contributed by atoms with Crippen molar-refractivity contribution in [2.75, 3.05) is 4.90 Å². The zero-order valence-electron chi connectivity index (χ0n) is 18.2. The summed E-state index contributed by atoms with van der Waals surface area (Å²) in [5.41, 5.74) is 1.56. The second kappa shape index (κ2) is 9.12. The smallest absolute Gasteiger partial charge is 0.308 e. The lowest BCUT2D eigenvalue weighted by atomic mass is 10.1. The molecular formula is C25H22N2O6. The topological polar surface area (TPSA) is 97.1 Å². The van der Waals surface area contributed by atoms with Crippen LogP contribution in [-0.4, -0.2) is 34.6 Å². The van der Waals surface area contributed by atoms with Gasteiger partial charge in [-0.1, -0.05) is 18.2 Å². The molecule has 0 radical (unpaired) electrons. The van der Waals surface area contributed by atoms with Crippen molar-refractivity contribution in [2.24, 2.45) is 0 Å². The van der Waals surface area contributed by atoms with E-state index in [0.717, 1.165) is 10.5 Å². The molecule has 33 heavy (non-hydrogen) atoms. The number of rotatable bonds is 6. The van der Waals surface area contributed by atoms with E-state index < -0.39 is 23.8 Å². The molecule has 0 aliphatic carbocycles. The molecular weight excluding hydrogens is 424 g/mol. The molecule has 0 saturated carbocycles. The first kappa shape index (κ1) is 22.0. The highest BCUT2D eigenvalue weighted by atomic mass is 16.5. The van der Waals surface area contributed by atoms with Crippen LogP contribution in [0.4, 0.5) is 5.69 Å². The standard InChI is InChI=1S/C25H22N2O6/c1-16-6-3-4-8-21(16)24(30)26(15-20-7-5-13-32-20)22-14-23(29)27(25(22)31)18-9-11-19(12-10-18)33-17(2)28/h3-13,22H,14-15H2,1-2H3. The van der Waals surface area contributed by atoms with Gasteiger partial charge in [0.05, 0.1) is 24.9 Å². The Morgan fingerprint density at radius 1 is 1.06 bits per heavy atom. The van der Waals surface area contributed by atoms with Gasteiger partial charge in [-0.2, -0.15) is 0 Å². The molecule has 2 heterocycles. The van der Waals surface area contributed by atoms with E-state index in [2.05, 4.69) is 0 Å². The van der Waals surface area contributed by atoms with Crippen molar-refractivity contribution >= 4 is 29.4 Å². The number of hydrogen-bond acceptors (Lipinski definition) is 6. The second-order valence-electron chi connectivity index (χ2n) is 7.70. The number of anilines is 1. The molecule has 1 aliphatic rings. The van der Waals surface area contributed by atoms with Gasteiger partial charge >= 0.3 is 5.97 Å². The maximum atomic E-state index is 13.5. The van der Waals surface area contributed by atoms with Gasteiger partial charge in [-0.25, -0.2) is 4.90 Å². The predicted molar refractivity (Wildman–Crippen MR) is 118 cm³/mol. The number of ether oxygens (including phenoxy) is 1. The van der Waals surface area contributed by atoms with Crippen molar-refractivity contribution in [1.29, 1.82) is 0 Å². The SMILES string of the molecule is CC(=O)Oc1ccc(N2C(=O)CC(N(Cc3ccco3)C(=O)c3ccccc3C)C2=O)cc1. The van der Waals surface area contributed by atoms with Crippen LogP contribution in [-0.2, 0) is 20.9 Å². The van der Waals surface area contributed by atoms with Gasteiger partial charge in [0.25, 0.3) is 11.8 Å².